The van der Waals surface area contributed by atoms with Crippen LogP contribution in [-0.4, -0.2) is 16.0 Å². The van der Waals surface area contributed by atoms with Gasteiger partial charge in [-0.3, -0.25) is 14.9 Å². The average Bonchev–Trinajstić information content (AvgIpc) is 2.79. The van der Waals surface area contributed by atoms with E-state index in [1.807, 2.05) is 12.1 Å². The first-order valence-electron chi connectivity index (χ1n) is 7.53. The Labute approximate surface area is 146 Å². The summed E-state index contributed by atoms with van der Waals surface area (Å²) in [4.78, 5) is 26.8. The first kappa shape index (κ1) is 15.6. The Kier molecular flexibility index (Phi) is 3.27. The maximum absolute atomic E-state index is 13.1. The van der Waals surface area contributed by atoms with Gasteiger partial charge in [0.05, 0.1) is 31.7 Å². The van der Waals surface area contributed by atoms with E-state index in [-0.39, 0.29) is 5.41 Å². The van der Waals surface area contributed by atoms with Crippen molar-refractivity contribution >= 4 is 34.4 Å². The van der Waals surface area contributed by atoms with Crippen molar-refractivity contribution in [2.45, 2.75) is 45.8 Å². The van der Waals surface area contributed by atoms with Gasteiger partial charge in [-0.15, -0.1) is 0 Å². The maximum atomic E-state index is 13.1. The zero-order valence-electron chi connectivity index (χ0n) is 13.4. The number of carbonyl (C=O) groups is 2. The van der Waals surface area contributed by atoms with Crippen LogP contribution in [-0.2, 0) is 16.2 Å². The molecule has 0 bridgehead atoms. The number of imide groups is 1. The number of hydrogen-bond donors (Lipinski definition) is 1. The molecule has 2 aromatic carbocycles. The SMILES string of the molecule is CC(C)(C)c1ccc2c(c1)S(=O)c1cc3c(cc1S2)C(=O)NC3=O. The van der Waals surface area contributed by atoms with E-state index in [1.54, 1.807) is 12.1 Å². The molecule has 0 aromatic heterocycles. The van der Waals surface area contributed by atoms with E-state index in [0.29, 0.717) is 16.0 Å². The van der Waals surface area contributed by atoms with Crippen LogP contribution in [0.3, 0.4) is 0 Å². The normalized spacial score (nSPS) is 18.7. The first-order valence-corrected chi connectivity index (χ1v) is 9.50. The predicted octanol–water partition coefficient (Wildman–Crippen LogP) is 3.50. The Morgan fingerprint density at radius 2 is 1.54 bits per heavy atom. The van der Waals surface area contributed by atoms with Crippen molar-refractivity contribution in [2.75, 3.05) is 0 Å². The van der Waals surface area contributed by atoms with E-state index in [9.17, 15) is 13.8 Å². The summed E-state index contributed by atoms with van der Waals surface area (Å²) < 4.78 is 13.1. The number of nitrogens with one attached hydrogen (secondary N) is 1. The number of hydrogen-bond acceptors (Lipinski definition) is 4. The molecule has 1 atom stereocenters. The lowest BCUT2D eigenvalue weighted by atomic mass is 9.87. The summed E-state index contributed by atoms with van der Waals surface area (Å²) in [6.45, 7) is 6.35. The lowest BCUT2D eigenvalue weighted by molar-refractivity contribution is 0.0879. The molecular weight excluding hydrogens is 342 g/mol. The molecule has 0 aliphatic carbocycles. The van der Waals surface area contributed by atoms with Crippen LogP contribution < -0.4 is 5.32 Å². The van der Waals surface area contributed by atoms with Gasteiger partial charge in [0, 0.05) is 9.79 Å². The predicted molar refractivity (Wildman–Crippen MR) is 92.2 cm³/mol. The van der Waals surface area contributed by atoms with Crippen molar-refractivity contribution in [3.63, 3.8) is 0 Å². The second-order valence-corrected chi connectivity index (χ2v) is 9.41. The molecule has 0 spiro atoms. The highest BCUT2D eigenvalue weighted by Crippen LogP contribution is 2.45. The largest absolute Gasteiger partial charge is 0.288 e. The molecule has 122 valence electrons. The molecule has 1 unspecified atom stereocenters. The molecule has 0 saturated heterocycles. The van der Waals surface area contributed by atoms with Crippen LogP contribution in [0.5, 0.6) is 0 Å². The number of amides is 2. The van der Waals surface area contributed by atoms with Crippen molar-refractivity contribution < 1.29 is 13.8 Å². The number of rotatable bonds is 0. The van der Waals surface area contributed by atoms with E-state index in [0.717, 1.165) is 20.2 Å². The van der Waals surface area contributed by atoms with Crippen molar-refractivity contribution in [2.24, 2.45) is 0 Å². The zero-order chi connectivity index (χ0) is 17.2. The molecule has 2 amide bonds. The monoisotopic (exact) mass is 357 g/mol. The minimum Gasteiger partial charge on any atom is -0.288 e. The molecule has 4 nitrogen and oxygen atoms in total. The van der Waals surface area contributed by atoms with Gasteiger partial charge in [-0.1, -0.05) is 38.6 Å². The summed E-state index contributed by atoms with van der Waals surface area (Å²) >= 11 is 1.49. The quantitative estimate of drug-likeness (QED) is 0.626. The highest BCUT2D eigenvalue weighted by molar-refractivity contribution is 8.01. The van der Waals surface area contributed by atoms with Gasteiger partial charge in [0.25, 0.3) is 11.8 Å². The number of fused-ring (bicyclic) bond motifs is 3. The van der Waals surface area contributed by atoms with E-state index < -0.39 is 22.6 Å². The minimum atomic E-state index is -1.37. The molecule has 4 rings (SSSR count). The molecule has 24 heavy (non-hydrogen) atoms. The first-order chi connectivity index (χ1) is 11.3. The van der Waals surface area contributed by atoms with Crippen molar-refractivity contribution in [3.05, 3.63) is 47.0 Å². The topological polar surface area (TPSA) is 63.2 Å². The van der Waals surface area contributed by atoms with Gasteiger partial charge in [0.2, 0.25) is 0 Å². The van der Waals surface area contributed by atoms with Crippen LogP contribution in [0.2, 0.25) is 0 Å². The minimum absolute atomic E-state index is 0.0333. The highest BCUT2D eigenvalue weighted by atomic mass is 32.2. The lowest BCUT2D eigenvalue weighted by Gasteiger charge is -2.24. The third-order valence-corrected chi connectivity index (χ3v) is 7.10. The van der Waals surface area contributed by atoms with Gasteiger partial charge in [-0.05, 0) is 35.2 Å². The summed E-state index contributed by atoms with van der Waals surface area (Å²) in [5.41, 5.74) is 1.75. The molecule has 0 fully saturated rings. The molecule has 2 aromatic rings. The van der Waals surface area contributed by atoms with Crippen molar-refractivity contribution in [3.8, 4) is 0 Å². The molecule has 2 aliphatic rings. The van der Waals surface area contributed by atoms with Crippen LogP contribution in [0.4, 0.5) is 0 Å². The van der Waals surface area contributed by atoms with Gasteiger partial charge < -0.3 is 0 Å². The summed E-state index contributed by atoms with van der Waals surface area (Å²) in [6, 6.07) is 9.30. The highest BCUT2D eigenvalue weighted by Gasteiger charge is 2.32. The smallest absolute Gasteiger partial charge is 0.258 e. The molecular formula is C18H15NO3S2. The fourth-order valence-electron chi connectivity index (χ4n) is 2.84. The number of carbonyl (C=O) groups excluding carboxylic acids is 2. The van der Waals surface area contributed by atoms with Crippen molar-refractivity contribution in [1.29, 1.82) is 0 Å². The Morgan fingerprint density at radius 3 is 2.21 bits per heavy atom. The van der Waals surface area contributed by atoms with Crippen LogP contribution in [0, 0.1) is 0 Å². The zero-order valence-corrected chi connectivity index (χ0v) is 15.1. The molecule has 6 heteroatoms. The van der Waals surface area contributed by atoms with Crippen LogP contribution in [0.1, 0.15) is 47.1 Å². The van der Waals surface area contributed by atoms with Gasteiger partial charge in [0.1, 0.15) is 0 Å². The Bertz CT molecular complexity index is 957. The van der Waals surface area contributed by atoms with Crippen LogP contribution in [0.25, 0.3) is 0 Å². The molecule has 2 aliphatic heterocycles. The Balaban J connectivity index is 1.87. The van der Waals surface area contributed by atoms with Crippen molar-refractivity contribution in [1.82, 2.24) is 5.32 Å². The second kappa shape index (κ2) is 5.04. The summed E-state index contributed by atoms with van der Waals surface area (Å²) in [5.74, 6) is -0.813. The number of benzene rings is 2. The van der Waals surface area contributed by atoms with Gasteiger partial charge in [-0.2, -0.15) is 0 Å². The average molecular weight is 357 g/mol. The summed E-state index contributed by atoms with van der Waals surface area (Å²) in [6.07, 6.45) is 0. The third-order valence-electron chi connectivity index (χ3n) is 4.23. The van der Waals surface area contributed by atoms with E-state index in [2.05, 4.69) is 32.2 Å². The van der Waals surface area contributed by atoms with Crippen LogP contribution >= 0.6 is 11.8 Å². The van der Waals surface area contributed by atoms with E-state index in [1.165, 1.54) is 11.8 Å². The van der Waals surface area contributed by atoms with Gasteiger partial charge >= 0.3 is 0 Å². The third kappa shape index (κ3) is 2.24. The van der Waals surface area contributed by atoms with Crippen LogP contribution in [0.15, 0.2) is 49.9 Å². The molecule has 2 heterocycles. The standard InChI is InChI=1S/C18H15NO3S2/c1-18(2,3)9-4-5-12-14(6-9)24(22)15-8-11-10(7-13(15)23-12)16(20)19-17(11)21/h4-8H,1-3H3,(H,19,20,21). The Hall–Kier alpha value is -1.92. The molecule has 1 N–H and O–H groups in total. The fourth-order valence-corrected chi connectivity index (χ4v) is 5.60. The summed E-state index contributed by atoms with van der Waals surface area (Å²) in [7, 11) is -1.37. The maximum Gasteiger partial charge on any atom is 0.258 e. The summed E-state index contributed by atoms with van der Waals surface area (Å²) in [5, 5.41) is 2.28. The second-order valence-electron chi connectivity index (χ2n) is 6.91. The molecule has 0 radical (unpaired) electrons. The van der Waals surface area contributed by atoms with E-state index in [4.69, 9.17) is 0 Å². The lowest BCUT2D eigenvalue weighted by Crippen LogP contribution is -2.19. The van der Waals surface area contributed by atoms with E-state index >= 15 is 0 Å². The Morgan fingerprint density at radius 1 is 0.917 bits per heavy atom. The molecule has 0 saturated carbocycles. The van der Waals surface area contributed by atoms with Gasteiger partial charge in [0.15, 0.2) is 0 Å². The van der Waals surface area contributed by atoms with Gasteiger partial charge in [-0.25, -0.2) is 4.21 Å². The fraction of sp³-hybridized carbons (Fsp3) is 0.222.